The van der Waals surface area contributed by atoms with Gasteiger partial charge >= 0.3 is 6.18 Å². The van der Waals surface area contributed by atoms with Crippen LogP contribution in [0.4, 0.5) is 13.2 Å². The zero-order valence-electron chi connectivity index (χ0n) is 13.2. The van der Waals surface area contributed by atoms with Gasteiger partial charge in [-0.2, -0.15) is 13.2 Å². The van der Waals surface area contributed by atoms with Crippen LogP contribution in [0.2, 0.25) is 0 Å². The van der Waals surface area contributed by atoms with Crippen molar-refractivity contribution < 1.29 is 27.5 Å². The summed E-state index contributed by atoms with van der Waals surface area (Å²) in [7, 11) is 0. The molecule has 0 spiro atoms. The topological polar surface area (TPSA) is 81.4 Å². The first kappa shape index (κ1) is 18.3. The molecule has 1 aliphatic heterocycles. The van der Waals surface area contributed by atoms with Crippen molar-refractivity contribution in [2.75, 3.05) is 6.61 Å². The van der Waals surface area contributed by atoms with E-state index < -0.39 is 29.1 Å². The molecule has 24 heavy (non-hydrogen) atoms. The van der Waals surface area contributed by atoms with E-state index >= 15 is 0 Å². The van der Waals surface area contributed by atoms with E-state index in [4.69, 9.17) is 10.5 Å². The number of benzene rings is 1. The Morgan fingerprint density at radius 2 is 2.00 bits per heavy atom. The molecule has 0 saturated carbocycles. The number of ether oxygens (including phenoxy) is 1. The van der Waals surface area contributed by atoms with Crippen LogP contribution in [-0.2, 0) is 26.0 Å². The largest absolute Gasteiger partial charge is 0.416 e. The van der Waals surface area contributed by atoms with Crippen LogP contribution in [0.1, 0.15) is 37.3 Å². The maximum atomic E-state index is 12.9. The molecule has 1 aromatic rings. The molecule has 2 atom stereocenters. The first-order valence-corrected chi connectivity index (χ1v) is 7.53. The Bertz CT molecular complexity index is 627. The normalized spacial score (nSPS) is 20.4. The van der Waals surface area contributed by atoms with E-state index in [1.54, 1.807) is 0 Å². The maximum absolute atomic E-state index is 12.9. The van der Waals surface area contributed by atoms with Gasteiger partial charge in [-0.25, -0.2) is 0 Å². The molecule has 132 valence electrons. The Morgan fingerprint density at radius 3 is 2.54 bits per heavy atom. The quantitative estimate of drug-likeness (QED) is 0.858. The highest BCUT2D eigenvalue weighted by Crippen LogP contribution is 2.32. The number of halogens is 3. The Labute approximate surface area is 137 Å². The predicted molar refractivity (Wildman–Crippen MR) is 79.7 cm³/mol. The van der Waals surface area contributed by atoms with Crippen LogP contribution in [0.15, 0.2) is 24.3 Å². The fraction of sp³-hybridized carbons (Fsp3) is 0.500. The number of hydrogen-bond donors (Lipinski definition) is 2. The molecule has 0 aliphatic carbocycles. The van der Waals surface area contributed by atoms with E-state index in [2.05, 4.69) is 5.32 Å². The first-order chi connectivity index (χ1) is 11.1. The summed E-state index contributed by atoms with van der Waals surface area (Å²) >= 11 is 0. The monoisotopic (exact) mass is 344 g/mol. The van der Waals surface area contributed by atoms with Crippen LogP contribution in [0, 0.1) is 0 Å². The minimum Gasteiger partial charge on any atom is -0.378 e. The molecule has 0 aromatic heterocycles. The highest BCUT2D eigenvalue weighted by molar-refractivity contribution is 5.91. The molecule has 0 bridgehead atoms. The van der Waals surface area contributed by atoms with Gasteiger partial charge < -0.3 is 15.8 Å². The molecule has 2 amide bonds. The summed E-state index contributed by atoms with van der Waals surface area (Å²) in [4.78, 5) is 24.0. The van der Waals surface area contributed by atoms with E-state index in [9.17, 15) is 22.8 Å². The standard InChI is InChI=1S/C16H19F3N2O3/c1-15(14(20)23,21-13(22)9-12-6-3-7-24-12)10-4-2-5-11(8-10)16(17,18)19/h2,4-5,8,12H,3,6-7,9H2,1H3,(H2,20,23)(H,21,22). The van der Waals surface area contributed by atoms with Crippen LogP contribution in [0.5, 0.6) is 0 Å². The smallest absolute Gasteiger partial charge is 0.378 e. The van der Waals surface area contributed by atoms with Gasteiger partial charge in [-0.3, -0.25) is 9.59 Å². The number of primary amides is 1. The molecular weight excluding hydrogens is 325 g/mol. The van der Waals surface area contributed by atoms with Crippen LogP contribution in [0.3, 0.4) is 0 Å². The predicted octanol–water partition coefficient (Wildman–Crippen LogP) is 2.09. The van der Waals surface area contributed by atoms with Crippen molar-refractivity contribution in [1.82, 2.24) is 5.32 Å². The van der Waals surface area contributed by atoms with E-state index in [0.717, 1.165) is 25.0 Å². The van der Waals surface area contributed by atoms with Crippen LogP contribution in [0.25, 0.3) is 0 Å². The van der Waals surface area contributed by atoms with Gasteiger partial charge in [0.2, 0.25) is 11.8 Å². The third-order valence-corrected chi connectivity index (χ3v) is 4.09. The number of carbonyl (C=O) groups is 2. The van der Waals surface area contributed by atoms with E-state index in [-0.39, 0.29) is 18.1 Å². The molecule has 1 fully saturated rings. The molecule has 1 aromatic carbocycles. The number of hydrogen-bond acceptors (Lipinski definition) is 3. The maximum Gasteiger partial charge on any atom is 0.416 e. The minimum absolute atomic E-state index is 0.0227. The Morgan fingerprint density at radius 1 is 1.33 bits per heavy atom. The second kappa shape index (κ2) is 6.80. The summed E-state index contributed by atoms with van der Waals surface area (Å²) in [5, 5.41) is 2.45. The fourth-order valence-electron chi connectivity index (χ4n) is 2.62. The summed E-state index contributed by atoms with van der Waals surface area (Å²) in [5.74, 6) is -1.44. The molecule has 5 nitrogen and oxygen atoms in total. The Hall–Kier alpha value is -2.09. The molecule has 1 heterocycles. The van der Waals surface area contributed by atoms with Crippen molar-refractivity contribution in [2.45, 2.75) is 44.0 Å². The Kier molecular flexibility index (Phi) is 5.17. The minimum atomic E-state index is -4.56. The van der Waals surface area contributed by atoms with Gasteiger partial charge in [-0.1, -0.05) is 12.1 Å². The molecule has 3 N–H and O–H groups in total. The van der Waals surface area contributed by atoms with E-state index in [1.807, 2.05) is 0 Å². The molecule has 2 rings (SSSR count). The molecule has 1 aliphatic rings. The van der Waals surface area contributed by atoms with Crippen molar-refractivity contribution in [3.05, 3.63) is 35.4 Å². The average molecular weight is 344 g/mol. The zero-order chi connectivity index (χ0) is 18.0. The highest BCUT2D eigenvalue weighted by atomic mass is 19.4. The second-order valence-corrected chi connectivity index (χ2v) is 5.96. The first-order valence-electron chi connectivity index (χ1n) is 7.53. The fourth-order valence-corrected chi connectivity index (χ4v) is 2.62. The number of rotatable bonds is 5. The summed E-state index contributed by atoms with van der Waals surface area (Å²) in [6, 6.07) is 4.20. The Balaban J connectivity index is 2.23. The lowest BCUT2D eigenvalue weighted by atomic mass is 9.89. The van der Waals surface area contributed by atoms with Crippen LogP contribution in [-0.4, -0.2) is 24.5 Å². The van der Waals surface area contributed by atoms with Crippen molar-refractivity contribution in [3.8, 4) is 0 Å². The number of amides is 2. The summed E-state index contributed by atoms with van der Waals surface area (Å²) in [6.45, 7) is 1.86. The summed E-state index contributed by atoms with van der Waals surface area (Å²) in [5.41, 5.74) is 2.67. The van der Waals surface area contributed by atoms with Crippen molar-refractivity contribution in [3.63, 3.8) is 0 Å². The van der Waals surface area contributed by atoms with Crippen LogP contribution < -0.4 is 11.1 Å². The van der Waals surface area contributed by atoms with Crippen molar-refractivity contribution in [2.24, 2.45) is 5.73 Å². The lowest BCUT2D eigenvalue weighted by Gasteiger charge is -2.29. The third-order valence-electron chi connectivity index (χ3n) is 4.09. The molecule has 2 unspecified atom stereocenters. The number of nitrogens with one attached hydrogen (secondary N) is 1. The van der Waals surface area contributed by atoms with Crippen molar-refractivity contribution in [1.29, 1.82) is 0 Å². The lowest BCUT2D eigenvalue weighted by Crippen LogP contribution is -2.53. The van der Waals surface area contributed by atoms with Crippen molar-refractivity contribution >= 4 is 11.8 Å². The van der Waals surface area contributed by atoms with E-state index in [0.29, 0.717) is 6.61 Å². The zero-order valence-corrected chi connectivity index (χ0v) is 13.2. The van der Waals surface area contributed by atoms with Gasteiger partial charge in [-0.05, 0) is 37.5 Å². The van der Waals surface area contributed by atoms with Gasteiger partial charge in [0.1, 0.15) is 5.54 Å². The highest BCUT2D eigenvalue weighted by Gasteiger charge is 2.38. The summed E-state index contributed by atoms with van der Waals surface area (Å²) in [6.07, 6.45) is -3.20. The summed E-state index contributed by atoms with van der Waals surface area (Å²) < 4.78 is 44.0. The number of alkyl halides is 3. The molecular formula is C16H19F3N2O3. The van der Waals surface area contributed by atoms with Gasteiger partial charge in [0.05, 0.1) is 18.1 Å². The van der Waals surface area contributed by atoms with Crippen LogP contribution >= 0.6 is 0 Å². The number of nitrogens with two attached hydrogens (primary N) is 1. The second-order valence-electron chi connectivity index (χ2n) is 5.96. The van der Waals surface area contributed by atoms with Gasteiger partial charge in [0.15, 0.2) is 0 Å². The SMILES string of the molecule is CC(NC(=O)CC1CCCO1)(C(N)=O)c1cccc(C(F)(F)F)c1. The van der Waals surface area contributed by atoms with Gasteiger partial charge in [-0.15, -0.1) is 0 Å². The van der Waals surface area contributed by atoms with Gasteiger partial charge in [0, 0.05) is 6.61 Å². The van der Waals surface area contributed by atoms with Gasteiger partial charge in [0.25, 0.3) is 0 Å². The third kappa shape index (κ3) is 4.05. The number of carbonyl (C=O) groups excluding carboxylic acids is 2. The lowest BCUT2D eigenvalue weighted by molar-refractivity contribution is -0.138. The van der Waals surface area contributed by atoms with E-state index in [1.165, 1.54) is 19.1 Å². The molecule has 8 heteroatoms. The average Bonchev–Trinajstić information content (AvgIpc) is 2.98. The molecule has 0 radical (unpaired) electrons. The molecule has 1 saturated heterocycles.